The van der Waals surface area contributed by atoms with E-state index in [0.717, 1.165) is 11.4 Å². The maximum absolute atomic E-state index is 4.43. The number of hydrogen-bond donors (Lipinski definition) is 0. The molecule has 0 aliphatic carbocycles. The van der Waals surface area contributed by atoms with Crippen LogP contribution in [0.4, 0.5) is 0 Å². The van der Waals surface area contributed by atoms with Gasteiger partial charge in [-0.05, 0) is 12.2 Å². The van der Waals surface area contributed by atoms with Gasteiger partial charge in [0, 0.05) is 18.6 Å². The van der Waals surface area contributed by atoms with Crippen LogP contribution < -0.4 is 0 Å². The predicted octanol–water partition coefficient (Wildman–Crippen LogP) is 3.23. The molecule has 0 atom stereocenters. The number of nitrogens with zero attached hydrogens (tertiary/aromatic N) is 4. The van der Waals surface area contributed by atoms with Gasteiger partial charge in [-0.1, -0.05) is 26.3 Å². The lowest BCUT2D eigenvalue weighted by molar-refractivity contribution is 1.05. The van der Waals surface area contributed by atoms with Crippen LogP contribution in [0.3, 0.4) is 0 Å². The van der Waals surface area contributed by atoms with Crippen molar-refractivity contribution in [1.29, 1.82) is 0 Å². The topological polar surface area (TPSA) is 35.6 Å². The normalized spacial score (nSPS) is 10.0. The molecule has 0 N–H and O–H groups in total. The maximum Gasteiger partial charge on any atom is 0.181 e. The third-order valence-corrected chi connectivity index (χ3v) is 2.57. The van der Waals surface area contributed by atoms with Crippen LogP contribution in [-0.4, -0.2) is 19.1 Å². The summed E-state index contributed by atoms with van der Waals surface area (Å²) in [6.07, 6.45) is 10.3. The van der Waals surface area contributed by atoms with Crippen LogP contribution in [0.2, 0.25) is 0 Å². The number of imidazole rings is 2. The van der Waals surface area contributed by atoms with Crippen molar-refractivity contribution in [3.63, 3.8) is 0 Å². The second kappa shape index (κ2) is 4.71. The Morgan fingerprint density at radius 2 is 1.78 bits per heavy atom. The van der Waals surface area contributed by atoms with Gasteiger partial charge in [-0.3, -0.25) is 4.57 Å². The minimum atomic E-state index is 0.688. The summed E-state index contributed by atoms with van der Waals surface area (Å²) in [4.78, 5) is 8.77. The molecule has 0 aliphatic rings. The van der Waals surface area contributed by atoms with E-state index in [9.17, 15) is 0 Å². The summed E-state index contributed by atoms with van der Waals surface area (Å²) in [5, 5.41) is 0. The molecule has 0 spiro atoms. The molecule has 0 fully saturated rings. The molecule has 0 saturated heterocycles. The van der Waals surface area contributed by atoms with Gasteiger partial charge in [0.05, 0.1) is 17.6 Å². The highest BCUT2D eigenvalue weighted by Gasteiger charge is 2.14. The Kier molecular flexibility index (Phi) is 3.10. The molecule has 2 rings (SSSR count). The fourth-order valence-electron chi connectivity index (χ4n) is 1.70. The van der Waals surface area contributed by atoms with Crippen molar-refractivity contribution in [2.45, 2.75) is 0 Å². The van der Waals surface area contributed by atoms with E-state index in [-0.39, 0.29) is 0 Å². The van der Waals surface area contributed by atoms with E-state index in [1.807, 2.05) is 10.8 Å². The average Bonchev–Trinajstić information content (AvgIpc) is 3.00. The van der Waals surface area contributed by atoms with Crippen LogP contribution in [0, 0.1) is 0 Å². The first-order valence-electron chi connectivity index (χ1n) is 5.41. The fraction of sp³-hybridized carbons (Fsp3) is 0. The third kappa shape index (κ3) is 1.73. The van der Waals surface area contributed by atoms with Gasteiger partial charge >= 0.3 is 0 Å². The zero-order valence-corrected chi connectivity index (χ0v) is 10.1. The minimum Gasteiger partial charge on any atom is -0.304 e. The Morgan fingerprint density at radius 3 is 2.33 bits per heavy atom. The fourth-order valence-corrected chi connectivity index (χ4v) is 1.70. The second-order valence-electron chi connectivity index (χ2n) is 3.55. The van der Waals surface area contributed by atoms with E-state index < -0.39 is 0 Å². The van der Waals surface area contributed by atoms with Gasteiger partial charge in [-0.2, -0.15) is 0 Å². The van der Waals surface area contributed by atoms with Gasteiger partial charge in [0.25, 0.3) is 0 Å². The molecule has 18 heavy (non-hydrogen) atoms. The summed E-state index contributed by atoms with van der Waals surface area (Å²) in [6.45, 7) is 15.0. The zero-order valence-electron chi connectivity index (χ0n) is 10.1. The van der Waals surface area contributed by atoms with Crippen LogP contribution in [0.1, 0.15) is 11.4 Å². The van der Waals surface area contributed by atoms with Crippen LogP contribution in [0.25, 0.3) is 36.2 Å². The van der Waals surface area contributed by atoms with E-state index >= 15 is 0 Å². The van der Waals surface area contributed by atoms with Crippen LogP contribution in [-0.2, 0) is 0 Å². The Hall–Kier alpha value is -2.62. The highest BCUT2D eigenvalue weighted by Crippen LogP contribution is 2.21. The van der Waals surface area contributed by atoms with Gasteiger partial charge < -0.3 is 4.57 Å². The lowest BCUT2D eigenvalue weighted by Gasteiger charge is -2.04. The van der Waals surface area contributed by atoms with Crippen molar-refractivity contribution < 1.29 is 0 Å². The smallest absolute Gasteiger partial charge is 0.181 e. The van der Waals surface area contributed by atoms with Crippen LogP contribution >= 0.6 is 0 Å². The first kappa shape index (κ1) is 11.9. The first-order chi connectivity index (χ1) is 8.74. The number of rotatable bonds is 5. The summed E-state index contributed by atoms with van der Waals surface area (Å²) in [5.74, 6) is 1.38. The molecule has 4 heteroatoms. The molecule has 0 amide bonds. The summed E-state index contributed by atoms with van der Waals surface area (Å²) < 4.78 is 3.62. The molecule has 0 aromatic carbocycles. The van der Waals surface area contributed by atoms with Crippen molar-refractivity contribution in [2.24, 2.45) is 0 Å². The van der Waals surface area contributed by atoms with Crippen molar-refractivity contribution >= 4 is 24.6 Å². The van der Waals surface area contributed by atoms with Gasteiger partial charge in [-0.15, -0.1) is 0 Å². The van der Waals surface area contributed by atoms with Gasteiger partial charge in [0.1, 0.15) is 0 Å². The Balaban J connectivity index is 2.67. The SMILES string of the molecule is C=Cc1cn(C=C)c(-c2ncc(C=C)n2C=C)n1. The molecule has 2 aromatic rings. The molecule has 0 saturated carbocycles. The van der Waals surface area contributed by atoms with Gasteiger partial charge in [-0.25, -0.2) is 9.97 Å². The second-order valence-corrected chi connectivity index (χ2v) is 3.55. The summed E-state index contributed by atoms with van der Waals surface area (Å²) in [7, 11) is 0. The van der Waals surface area contributed by atoms with E-state index in [4.69, 9.17) is 0 Å². The predicted molar refractivity (Wildman–Crippen MR) is 76.4 cm³/mol. The highest BCUT2D eigenvalue weighted by molar-refractivity contribution is 5.61. The molecular weight excluding hydrogens is 224 g/mol. The molecule has 2 aromatic heterocycles. The van der Waals surface area contributed by atoms with E-state index in [1.165, 1.54) is 0 Å². The largest absolute Gasteiger partial charge is 0.304 e. The lowest BCUT2D eigenvalue weighted by atomic mass is 10.4. The number of aromatic nitrogens is 4. The zero-order chi connectivity index (χ0) is 13.1. The van der Waals surface area contributed by atoms with E-state index in [2.05, 4.69) is 36.3 Å². The highest BCUT2D eigenvalue weighted by atomic mass is 15.2. The Labute approximate surface area is 106 Å². The molecule has 0 radical (unpaired) electrons. The Morgan fingerprint density at radius 1 is 1.00 bits per heavy atom. The first-order valence-corrected chi connectivity index (χ1v) is 5.41. The van der Waals surface area contributed by atoms with Crippen LogP contribution in [0.5, 0.6) is 0 Å². The monoisotopic (exact) mass is 238 g/mol. The lowest BCUT2D eigenvalue weighted by Crippen LogP contribution is -1.98. The maximum atomic E-state index is 4.43. The minimum absolute atomic E-state index is 0.688. The summed E-state index contributed by atoms with van der Waals surface area (Å²) in [5.41, 5.74) is 1.63. The molecule has 90 valence electrons. The molecule has 4 nitrogen and oxygen atoms in total. The molecule has 0 unspecified atom stereocenters. The molecule has 0 bridgehead atoms. The van der Waals surface area contributed by atoms with Crippen molar-refractivity contribution in [2.75, 3.05) is 0 Å². The van der Waals surface area contributed by atoms with E-state index in [1.54, 1.807) is 35.3 Å². The summed E-state index contributed by atoms with van der Waals surface area (Å²) >= 11 is 0. The van der Waals surface area contributed by atoms with Crippen molar-refractivity contribution in [3.8, 4) is 11.6 Å². The third-order valence-electron chi connectivity index (χ3n) is 2.57. The van der Waals surface area contributed by atoms with Crippen LogP contribution in [0.15, 0.2) is 38.7 Å². The Bertz CT molecular complexity index is 628. The quantitative estimate of drug-likeness (QED) is 0.801. The average molecular weight is 238 g/mol. The van der Waals surface area contributed by atoms with Crippen molar-refractivity contribution in [1.82, 2.24) is 19.1 Å². The summed E-state index contributed by atoms with van der Waals surface area (Å²) in [6, 6.07) is 0. The molecule has 0 aliphatic heterocycles. The standard InChI is InChI=1S/C14H14N4/c1-5-11-10-17(7-3)14(16-11)13-15-9-12(6-2)18(13)8-4/h5-10H,1-4H2. The van der Waals surface area contributed by atoms with Gasteiger partial charge in [0.15, 0.2) is 11.6 Å². The molecular formula is C14H14N4. The van der Waals surface area contributed by atoms with E-state index in [0.29, 0.717) is 11.6 Å². The van der Waals surface area contributed by atoms with Gasteiger partial charge in [0.2, 0.25) is 0 Å². The van der Waals surface area contributed by atoms with Crippen molar-refractivity contribution in [3.05, 3.63) is 50.1 Å². The molecule has 2 heterocycles. The number of hydrogen-bond acceptors (Lipinski definition) is 2.